The first-order chi connectivity index (χ1) is 23.1. The second-order valence-corrected chi connectivity index (χ2v) is 15.2. The number of β-amino-alcohol motifs (C(OH)–C–C–N with tert-alkyl or cyclic N) is 1. The molecule has 0 aromatic heterocycles. The van der Waals surface area contributed by atoms with Crippen molar-refractivity contribution in [1.82, 2.24) is 36.0 Å². The molecule has 15 heteroatoms. The fourth-order valence-corrected chi connectivity index (χ4v) is 7.28. The average Bonchev–Trinajstić information content (AvgIpc) is 3.47. The third-order valence-corrected chi connectivity index (χ3v) is 10.3. The van der Waals surface area contributed by atoms with Gasteiger partial charge in [-0.25, -0.2) is 15.6 Å². The largest absolute Gasteiger partial charge is 0.450 e. The summed E-state index contributed by atoms with van der Waals surface area (Å²) < 4.78 is 5.90. The predicted octanol–water partition coefficient (Wildman–Crippen LogP) is 0.171. The third-order valence-electron chi connectivity index (χ3n) is 10.3. The number of hydrogen-bond acceptors (Lipinski definition) is 10. The fraction of sp³-hybridized carbons (Fsp3) is 0.824. The normalized spacial score (nSPS) is 33.5. The Hall–Kier alpha value is -3.30. The number of hydrazine groups is 2. The number of likely N-dealkylation sites (N-methyl/N-ethyl adjacent to an activating group) is 1. The van der Waals surface area contributed by atoms with Gasteiger partial charge in [-0.05, 0) is 49.4 Å². The molecular weight excluding hydrogens is 634 g/mol. The molecule has 0 bridgehead atoms. The number of fused-ring (bicyclic) bond motifs is 3. The molecule has 4 fully saturated rings. The summed E-state index contributed by atoms with van der Waals surface area (Å²) in [5.74, 6) is -4.25. The summed E-state index contributed by atoms with van der Waals surface area (Å²) in [7, 11) is 1.52. The number of hydrogen-bond donors (Lipinski definition) is 4. The number of ether oxygens (including phenoxy) is 1. The molecule has 9 unspecified atom stereocenters. The van der Waals surface area contributed by atoms with Crippen molar-refractivity contribution in [1.29, 1.82) is 0 Å². The van der Waals surface area contributed by atoms with Gasteiger partial charge in [0.1, 0.15) is 30.2 Å². The molecule has 4 saturated heterocycles. The first kappa shape index (κ1) is 38.5. The Balaban J connectivity index is 1.84. The maximum Gasteiger partial charge on any atom is 0.329 e. The highest BCUT2D eigenvalue weighted by Gasteiger charge is 2.48. The van der Waals surface area contributed by atoms with Crippen molar-refractivity contribution in [3.8, 4) is 0 Å². The molecule has 0 aromatic carbocycles. The van der Waals surface area contributed by atoms with Crippen LogP contribution in [0, 0.1) is 23.7 Å². The first-order valence-electron chi connectivity index (χ1n) is 18.0. The zero-order valence-electron chi connectivity index (χ0n) is 30.3. The molecule has 4 heterocycles. The van der Waals surface area contributed by atoms with Crippen LogP contribution in [0.5, 0.6) is 0 Å². The van der Waals surface area contributed by atoms with Crippen LogP contribution in [0.3, 0.4) is 0 Å². The van der Waals surface area contributed by atoms with Crippen LogP contribution in [0.1, 0.15) is 87.0 Å². The molecule has 4 N–H and O–H groups in total. The number of aliphatic hydroxyl groups excluding tert-OH is 1. The number of rotatable bonds is 5. The van der Waals surface area contributed by atoms with E-state index < -0.39 is 83.8 Å². The molecule has 9 atom stereocenters. The van der Waals surface area contributed by atoms with E-state index in [0.717, 1.165) is 0 Å². The Labute approximate surface area is 289 Å². The molecule has 4 rings (SSSR count). The van der Waals surface area contributed by atoms with Crippen LogP contribution >= 0.6 is 0 Å². The van der Waals surface area contributed by atoms with Crippen LogP contribution < -0.4 is 16.2 Å². The number of amides is 5. The van der Waals surface area contributed by atoms with E-state index in [1.165, 1.54) is 26.9 Å². The maximum absolute atomic E-state index is 14.4. The predicted molar refractivity (Wildman–Crippen MR) is 179 cm³/mol. The molecule has 5 amide bonds. The lowest BCUT2D eigenvalue weighted by Crippen LogP contribution is -2.69. The lowest BCUT2D eigenvalue weighted by atomic mass is 9.96. The van der Waals surface area contributed by atoms with Crippen LogP contribution in [0.25, 0.3) is 0 Å². The number of esters is 1. The van der Waals surface area contributed by atoms with Gasteiger partial charge in [0.2, 0.25) is 17.7 Å². The third kappa shape index (κ3) is 8.37. The maximum atomic E-state index is 14.4. The van der Waals surface area contributed by atoms with Gasteiger partial charge in [-0.3, -0.25) is 34.0 Å². The summed E-state index contributed by atoms with van der Waals surface area (Å²) in [6, 6.07) is -5.16. The van der Waals surface area contributed by atoms with E-state index in [2.05, 4.69) is 16.2 Å². The number of cyclic esters (lactones) is 1. The lowest BCUT2D eigenvalue weighted by molar-refractivity contribution is -0.175. The van der Waals surface area contributed by atoms with Gasteiger partial charge in [-0.1, -0.05) is 54.9 Å². The van der Waals surface area contributed by atoms with Crippen LogP contribution in [0.4, 0.5) is 0 Å². The lowest BCUT2D eigenvalue weighted by Gasteiger charge is -2.45. The number of aliphatic hydroxyl groups is 1. The summed E-state index contributed by atoms with van der Waals surface area (Å²) in [6.07, 6.45) is -0.277. The monoisotopic (exact) mass is 691 g/mol. The minimum absolute atomic E-state index is 0.00601. The molecule has 0 radical (unpaired) electrons. The van der Waals surface area contributed by atoms with Crippen molar-refractivity contribution in [2.45, 2.75) is 129 Å². The minimum Gasteiger partial charge on any atom is -0.450 e. The zero-order valence-corrected chi connectivity index (χ0v) is 30.3. The highest BCUT2D eigenvalue weighted by Crippen LogP contribution is 2.29. The molecule has 276 valence electrons. The second kappa shape index (κ2) is 16.2. The van der Waals surface area contributed by atoms with E-state index in [1.54, 1.807) is 13.8 Å². The number of nitrogens with zero attached hydrogens (tertiary/aromatic N) is 4. The molecule has 0 saturated carbocycles. The van der Waals surface area contributed by atoms with Crippen molar-refractivity contribution >= 4 is 35.5 Å². The Morgan fingerprint density at radius 1 is 0.878 bits per heavy atom. The minimum atomic E-state index is -1.28. The average molecular weight is 692 g/mol. The van der Waals surface area contributed by atoms with E-state index in [-0.39, 0.29) is 43.7 Å². The van der Waals surface area contributed by atoms with Crippen molar-refractivity contribution < 1.29 is 38.6 Å². The van der Waals surface area contributed by atoms with Crippen molar-refractivity contribution in [2.24, 2.45) is 23.7 Å². The van der Waals surface area contributed by atoms with Crippen molar-refractivity contribution in [3.63, 3.8) is 0 Å². The summed E-state index contributed by atoms with van der Waals surface area (Å²) in [5, 5.41) is 15.9. The van der Waals surface area contributed by atoms with E-state index in [1.807, 2.05) is 34.6 Å². The van der Waals surface area contributed by atoms with E-state index >= 15 is 0 Å². The number of carbonyl (C=O) groups excluding carboxylic acids is 6. The van der Waals surface area contributed by atoms with Gasteiger partial charge in [0.05, 0.1) is 6.10 Å². The van der Waals surface area contributed by atoms with Crippen molar-refractivity contribution in [2.75, 3.05) is 26.7 Å². The van der Waals surface area contributed by atoms with E-state index in [0.29, 0.717) is 32.2 Å². The summed E-state index contributed by atoms with van der Waals surface area (Å²) in [6.45, 7) is 13.7. The molecule has 49 heavy (non-hydrogen) atoms. The van der Waals surface area contributed by atoms with E-state index in [4.69, 9.17) is 4.74 Å². The zero-order chi connectivity index (χ0) is 36.3. The summed E-state index contributed by atoms with van der Waals surface area (Å²) >= 11 is 0. The molecule has 4 aliphatic heterocycles. The van der Waals surface area contributed by atoms with Crippen LogP contribution in [-0.4, -0.2) is 130 Å². The summed E-state index contributed by atoms with van der Waals surface area (Å²) in [5.41, 5.74) is 5.92. The number of nitrogens with one attached hydrogen (secondary N) is 3. The Bertz CT molecular complexity index is 1260. The van der Waals surface area contributed by atoms with Gasteiger partial charge in [0.15, 0.2) is 6.10 Å². The molecule has 4 aliphatic rings. The Morgan fingerprint density at radius 2 is 1.55 bits per heavy atom. The standard InChI is InChI=1S/C34H57N7O8/c1-9-21(7)27-34(48)49-28(19(4)5)33(47)40-23(11-10-12-35-40)32(46)41-26(15-22(42)16-36-41)30(44)38(8)25(13-18(2)3)31(45)39-17-20(6)14-24(39)29(43)37-27/h18-28,35-36,42H,9-17H2,1-8H3,(H,37,43). The smallest absolute Gasteiger partial charge is 0.329 e. The van der Waals surface area contributed by atoms with Gasteiger partial charge in [-0.2, -0.15) is 0 Å². The fourth-order valence-electron chi connectivity index (χ4n) is 7.28. The number of carbonyl (C=O) groups is 6. The van der Waals surface area contributed by atoms with Crippen molar-refractivity contribution in [3.05, 3.63) is 0 Å². The first-order valence-corrected chi connectivity index (χ1v) is 18.0. The van der Waals surface area contributed by atoms with Gasteiger partial charge in [0.25, 0.3) is 11.8 Å². The molecule has 0 aromatic rings. The molecular formula is C34H57N7O8. The van der Waals surface area contributed by atoms with Crippen LogP contribution in [0.15, 0.2) is 0 Å². The highest BCUT2D eigenvalue weighted by molar-refractivity contribution is 5.97. The quantitative estimate of drug-likeness (QED) is 0.290. The molecule has 0 spiro atoms. The topological polar surface area (TPSA) is 181 Å². The SMILES string of the molecule is CCC(C)C1NC(=O)C2CC(C)CN2C(=O)C(CC(C)C)N(C)C(=O)C2CC(O)CNN2C(=O)C2CCCNN2C(=O)C(C(C)C)OC1=O. The van der Waals surface area contributed by atoms with Gasteiger partial charge in [-0.15, -0.1) is 0 Å². The van der Waals surface area contributed by atoms with Gasteiger partial charge >= 0.3 is 5.97 Å². The van der Waals surface area contributed by atoms with Gasteiger partial charge in [0, 0.05) is 33.1 Å². The summed E-state index contributed by atoms with van der Waals surface area (Å²) in [4.78, 5) is 88.0. The molecule has 15 nitrogen and oxygen atoms in total. The van der Waals surface area contributed by atoms with Gasteiger partial charge < -0.3 is 25.0 Å². The highest BCUT2D eigenvalue weighted by atomic mass is 16.6. The second-order valence-electron chi connectivity index (χ2n) is 15.2. The molecule has 0 aliphatic carbocycles. The van der Waals surface area contributed by atoms with Crippen LogP contribution in [-0.2, 0) is 33.5 Å². The van der Waals surface area contributed by atoms with Crippen LogP contribution in [0.2, 0.25) is 0 Å². The Kier molecular flexibility index (Phi) is 12.7. The van der Waals surface area contributed by atoms with E-state index in [9.17, 15) is 33.9 Å². The Morgan fingerprint density at radius 3 is 2.18 bits per heavy atom.